The molecule has 0 radical (unpaired) electrons. The van der Waals surface area contributed by atoms with Crippen molar-refractivity contribution >= 4 is 22.2 Å². The van der Waals surface area contributed by atoms with E-state index in [0.717, 1.165) is 16.5 Å². The number of benzene rings is 1. The minimum Gasteiger partial charge on any atom is -0.382 e. The van der Waals surface area contributed by atoms with Crippen LogP contribution < -0.4 is 0 Å². The van der Waals surface area contributed by atoms with Crippen LogP contribution in [0.2, 0.25) is 0 Å². The maximum Gasteiger partial charge on any atom is 0.122 e. The standard InChI is InChI=1S/C12H10N2OS/c15-12(11-6-16-7-14-11)9-2-1-3-10-8(9)4-5-13-10/h1-7,12-13,15H. The van der Waals surface area contributed by atoms with Gasteiger partial charge in [-0.2, -0.15) is 0 Å². The molecule has 0 aliphatic heterocycles. The first-order valence-corrected chi connectivity index (χ1v) is 5.92. The van der Waals surface area contributed by atoms with Crippen molar-refractivity contribution in [2.45, 2.75) is 6.10 Å². The summed E-state index contributed by atoms with van der Waals surface area (Å²) in [5, 5.41) is 13.1. The zero-order valence-corrected chi connectivity index (χ0v) is 9.24. The number of nitrogens with zero attached hydrogens (tertiary/aromatic N) is 1. The lowest BCUT2D eigenvalue weighted by Gasteiger charge is -2.09. The van der Waals surface area contributed by atoms with Crippen LogP contribution in [-0.2, 0) is 0 Å². The van der Waals surface area contributed by atoms with E-state index in [9.17, 15) is 5.11 Å². The van der Waals surface area contributed by atoms with Crippen LogP contribution >= 0.6 is 11.3 Å². The van der Waals surface area contributed by atoms with Crippen LogP contribution in [0, 0.1) is 0 Å². The summed E-state index contributed by atoms with van der Waals surface area (Å²) in [5.74, 6) is 0. The van der Waals surface area contributed by atoms with Crippen molar-refractivity contribution < 1.29 is 5.11 Å². The van der Waals surface area contributed by atoms with Crippen LogP contribution in [0.5, 0.6) is 0 Å². The van der Waals surface area contributed by atoms with Gasteiger partial charge in [0.25, 0.3) is 0 Å². The Bertz CT molecular complexity index is 600. The number of hydrogen-bond donors (Lipinski definition) is 2. The third-order valence-electron chi connectivity index (χ3n) is 2.65. The van der Waals surface area contributed by atoms with Gasteiger partial charge in [0.2, 0.25) is 0 Å². The van der Waals surface area contributed by atoms with Crippen molar-refractivity contribution in [3.8, 4) is 0 Å². The Balaban J connectivity index is 2.15. The molecule has 1 unspecified atom stereocenters. The van der Waals surface area contributed by atoms with E-state index in [0.29, 0.717) is 5.69 Å². The number of H-pyrrole nitrogens is 1. The summed E-state index contributed by atoms with van der Waals surface area (Å²) in [6.07, 6.45) is 1.23. The number of rotatable bonds is 2. The lowest BCUT2D eigenvalue weighted by Crippen LogP contribution is -2.00. The minimum atomic E-state index is -0.647. The van der Waals surface area contributed by atoms with Crippen molar-refractivity contribution in [2.24, 2.45) is 0 Å². The van der Waals surface area contributed by atoms with E-state index < -0.39 is 6.10 Å². The highest BCUT2D eigenvalue weighted by atomic mass is 32.1. The van der Waals surface area contributed by atoms with Crippen LogP contribution in [0.4, 0.5) is 0 Å². The van der Waals surface area contributed by atoms with Gasteiger partial charge in [-0.15, -0.1) is 11.3 Å². The molecule has 2 aromatic heterocycles. The van der Waals surface area contributed by atoms with E-state index in [1.54, 1.807) is 5.51 Å². The smallest absolute Gasteiger partial charge is 0.122 e. The Hall–Kier alpha value is -1.65. The molecule has 0 saturated carbocycles. The van der Waals surface area contributed by atoms with Gasteiger partial charge >= 0.3 is 0 Å². The van der Waals surface area contributed by atoms with Crippen LogP contribution in [0.25, 0.3) is 10.9 Å². The summed E-state index contributed by atoms with van der Waals surface area (Å²) in [6, 6.07) is 7.83. The van der Waals surface area contributed by atoms with Gasteiger partial charge < -0.3 is 10.1 Å². The van der Waals surface area contributed by atoms with E-state index in [2.05, 4.69) is 9.97 Å². The fraction of sp³-hybridized carbons (Fsp3) is 0.0833. The summed E-state index contributed by atoms with van der Waals surface area (Å²) in [7, 11) is 0. The molecule has 3 rings (SSSR count). The average Bonchev–Trinajstić information content (AvgIpc) is 2.98. The average molecular weight is 230 g/mol. The van der Waals surface area contributed by atoms with Gasteiger partial charge in [0.1, 0.15) is 6.10 Å². The molecule has 0 fully saturated rings. The number of nitrogens with one attached hydrogen (secondary N) is 1. The Kier molecular flexibility index (Phi) is 2.23. The maximum absolute atomic E-state index is 10.2. The highest BCUT2D eigenvalue weighted by molar-refractivity contribution is 7.07. The van der Waals surface area contributed by atoms with E-state index in [4.69, 9.17) is 0 Å². The normalized spacial score (nSPS) is 13.1. The summed E-state index contributed by atoms with van der Waals surface area (Å²) >= 11 is 1.49. The fourth-order valence-corrected chi connectivity index (χ4v) is 2.44. The summed E-state index contributed by atoms with van der Waals surface area (Å²) in [6.45, 7) is 0. The van der Waals surface area contributed by atoms with Gasteiger partial charge in [-0.25, -0.2) is 4.98 Å². The monoisotopic (exact) mass is 230 g/mol. The predicted octanol–water partition coefficient (Wildman–Crippen LogP) is 2.71. The second-order valence-electron chi connectivity index (χ2n) is 3.60. The topological polar surface area (TPSA) is 48.9 Å². The SMILES string of the molecule is OC(c1cscn1)c1cccc2[nH]ccc12. The summed E-state index contributed by atoms with van der Waals surface area (Å²) < 4.78 is 0. The molecule has 2 N–H and O–H groups in total. The quantitative estimate of drug-likeness (QED) is 0.711. The summed E-state index contributed by atoms with van der Waals surface area (Å²) in [4.78, 5) is 7.27. The van der Waals surface area contributed by atoms with Crippen molar-refractivity contribution in [2.75, 3.05) is 0 Å². The third kappa shape index (κ3) is 1.43. The molecular formula is C12H10N2OS. The Morgan fingerprint density at radius 1 is 1.31 bits per heavy atom. The number of aliphatic hydroxyl groups excluding tert-OH is 1. The van der Waals surface area contributed by atoms with Gasteiger partial charge in [-0.05, 0) is 17.7 Å². The molecule has 0 bridgehead atoms. The molecule has 16 heavy (non-hydrogen) atoms. The fourth-order valence-electron chi connectivity index (χ4n) is 1.86. The van der Waals surface area contributed by atoms with Gasteiger partial charge in [0, 0.05) is 22.5 Å². The maximum atomic E-state index is 10.2. The Morgan fingerprint density at radius 2 is 2.25 bits per heavy atom. The first-order valence-electron chi connectivity index (χ1n) is 4.98. The molecule has 3 nitrogen and oxygen atoms in total. The number of fused-ring (bicyclic) bond motifs is 1. The van der Waals surface area contributed by atoms with Crippen molar-refractivity contribution in [3.63, 3.8) is 0 Å². The van der Waals surface area contributed by atoms with Gasteiger partial charge in [-0.1, -0.05) is 12.1 Å². The van der Waals surface area contributed by atoms with Crippen molar-refractivity contribution in [1.82, 2.24) is 9.97 Å². The Labute approximate surface area is 96.4 Å². The largest absolute Gasteiger partial charge is 0.382 e. The van der Waals surface area contributed by atoms with Crippen LogP contribution in [0.15, 0.2) is 41.4 Å². The molecule has 2 heterocycles. The number of aromatic nitrogens is 2. The first kappa shape index (κ1) is 9.57. The van der Waals surface area contributed by atoms with Crippen LogP contribution in [-0.4, -0.2) is 15.1 Å². The predicted molar refractivity (Wildman–Crippen MR) is 64.5 cm³/mol. The molecule has 0 aliphatic rings. The van der Waals surface area contributed by atoms with E-state index in [1.807, 2.05) is 35.8 Å². The van der Waals surface area contributed by atoms with Gasteiger partial charge in [-0.3, -0.25) is 0 Å². The van der Waals surface area contributed by atoms with E-state index in [-0.39, 0.29) is 0 Å². The molecule has 1 aromatic carbocycles. The highest BCUT2D eigenvalue weighted by Crippen LogP contribution is 2.28. The number of thiazole rings is 1. The molecule has 0 spiro atoms. The van der Waals surface area contributed by atoms with Crippen molar-refractivity contribution in [1.29, 1.82) is 0 Å². The number of hydrogen-bond acceptors (Lipinski definition) is 3. The molecule has 80 valence electrons. The zero-order chi connectivity index (χ0) is 11.0. The second-order valence-corrected chi connectivity index (χ2v) is 4.32. The van der Waals surface area contributed by atoms with E-state index >= 15 is 0 Å². The highest BCUT2D eigenvalue weighted by Gasteiger charge is 2.15. The lowest BCUT2D eigenvalue weighted by atomic mass is 10.0. The molecule has 0 amide bonds. The second kappa shape index (κ2) is 3.73. The van der Waals surface area contributed by atoms with Gasteiger partial charge in [0.15, 0.2) is 0 Å². The Morgan fingerprint density at radius 3 is 3.06 bits per heavy atom. The molecular weight excluding hydrogens is 220 g/mol. The van der Waals surface area contributed by atoms with Gasteiger partial charge in [0.05, 0.1) is 11.2 Å². The number of aliphatic hydroxyl groups is 1. The van der Waals surface area contributed by atoms with Crippen LogP contribution in [0.3, 0.4) is 0 Å². The lowest BCUT2D eigenvalue weighted by molar-refractivity contribution is 0.217. The van der Waals surface area contributed by atoms with E-state index in [1.165, 1.54) is 11.3 Å². The molecule has 0 saturated heterocycles. The zero-order valence-electron chi connectivity index (χ0n) is 8.42. The third-order valence-corrected chi connectivity index (χ3v) is 3.26. The van der Waals surface area contributed by atoms with Crippen LogP contribution in [0.1, 0.15) is 17.4 Å². The molecule has 0 aliphatic carbocycles. The minimum absolute atomic E-state index is 0.647. The first-order chi connectivity index (χ1) is 7.86. The molecule has 1 atom stereocenters. The number of aromatic amines is 1. The molecule has 3 aromatic rings. The van der Waals surface area contributed by atoms with Crippen molar-refractivity contribution in [3.05, 3.63) is 52.6 Å². The molecule has 4 heteroatoms. The summed E-state index contributed by atoms with van der Waals surface area (Å²) in [5.41, 5.74) is 4.37.